The number of benzene rings is 1. The second-order valence-electron chi connectivity index (χ2n) is 7.14. The van der Waals surface area contributed by atoms with Gasteiger partial charge in [-0.3, -0.25) is 4.90 Å². The zero-order valence-corrected chi connectivity index (χ0v) is 14.7. The van der Waals surface area contributed by atoms with Gasteiger partial charge in [-0.25, -0.2) is 18.8 Å². The van der Waals surface area contributed by atoms with Crippen LogP contribution in [0.1, 0.15) is 24.0 Å². The third kappa shape index (κ3) is 2.90. The van der Waals surface area contributed by atoms with E-state index in [2.05, 4.69) is 25.8 Å². The molecule has 3 aliphatic heterocycles. The third-order valence-corrected chi connectivity index (χ3v) is 5.49. The molecule has 0 aliphatic carbocycles. The molecule has 8 heteroatoms. The Hall–Kier alpha value is -2.71. The van der Waals surface area contributed by atoms with Gasteiger partial charge < -0.3 is 10.4 Å². The first-order valence-corrected chi connectivity index (χ1v) is 9.12. The SMILES string of the molecule is Fc1ccc(CN2CCC(C3=C4c5cc[nH]c5N=CN4NN3)CC2)c(F)c1. The molecule has 6 nitrogen and oxygen atoms in total. The summed E-state index contributed by atoms with van der Waals surface area (Å²) >= 11 is 0. The normalized spacial score (nSPS) is 20.0. The van der Waals surface area contributed by atoms with E-state index in [0.717, 1.165) is 49.1 Å². The minimum Gasteiger partial charge on any atom is -0.346 e. The van der Waals surface area contributed by atoms with Crippen molar-refractivity contribution in [3.05, 3.63) is 58.9 Å². The van der Waals surface area contributed by atoms with Gasteiger partial charge in [0.1, 0.15) is 23.8 Å². The Labute approximate surface area is 155 Å². The maximum Gasteiger partial charge on any atom is 0.141 e. The van der Waals surface area contributed by atoms with Crippen molar-refractivity contribution in [3.8, 4) is 0 Å². The molecule has 1 aromatic heterocycles. The summed E-state index contributed by atoms with van der Waals surface area (Å²) in [5, 5.41) is 1.91. The fourth-order valence-corrected chi connectivity index (χ4v) is 4.07. The molecule has 0 atom stereocenters. The molecule has 1 fully saturated rings. The highest BCUT2D eigenvalue weighted by Gasteiger charge is 2.33. The number of fused-ring (bicyclic) bond motifs is 3. The van der Waals surface area contributed by atoms with E-state index < -0.39 is 11.6 Å². The van der Waals surface area contributed by atoms with Crippen LogP contribution < -0.4 is 11.0 Å². The lowest BCUT2D eigenvalue weighted by Gasteiger charge is -2.32. The predicted molar refractivity (Wildman–Crippen MR) is 98.3 cm³/mol. The Bertz CT molecular complexity index is 926. The van der Waals surface area contributed by atoms with Crippen LogP contribution in [0.2, 0.25) is 0 Å². The van der Waals surface area contributed by atoms with Crippen molar-refractivity contribution in [1.29, 1.82) is 0 Å². The van der Waals surface area contributed by atoms with Gasteiger partial charge in [-0.15, -0.1) is 5.53 Å². The van der Waals surface area contributed by atoms with Crippen LogP contribution in [0, 0.1) is 17.6 Å². The highest BCUT2D eigenvalue weighted by molar-refractivity contribution is 5.87. The van der Waals surface area contributed by atoms with Crippen LogP contribution >= 0.6 is 0 Å². The first-order chi connectivity index (χ1) is 13.2. The lowest BCUT2D eigenvalue weighted by molar-refractivity contribution is 0.186. The van der Waals surface area contributed by atoms with E-state index in [4.69, 9.17) is 0 Å². The molecule has 3 aliphatic rings. The van der Waals surface area contributed by atoms with E-state index in [1.807, 2.05) is 17.3 Å². The van der Waals surface area contributed by atoms with Crippen molar-refractivity contribution in [2.45, 2.75) is 19.4 Å². The number of nitrogens with one attached hydrogen (secondary N) is 3. The Morgan fingerprint density at radius 2 is 2.00 bits per heavy atom. The van der Waals surface area contributed by atoms with Gasteiger partial charge in [-0.2, -0.15) is 0 Å². The summed E-state index contributed by atoms with van der Waals surface area (Å²) in [6.07, 6.45) is 5.61. The monoisotopic (exact) mass is 370 g/mol. The van der Waals surface area contributed by atoms with Crippen molar-refractivity contribution in [2.24, 2.45) is 10.9 Å². The topological polar surface area (TPSA) is 58.7 Å². The number of piperidine rings is 1. The second-order valence-corrected chi connectivity index (χ2v) is 7.14. The van der Waals surface area contributed by atoms with E-state index in [-0.39, 0.29) is 0 Å². The maximum absolute atomic E-state index is 13.9. The Morgan fingerprint density at radius 3 is 2.81 bits per heavy atom. The summed E-state index contributed by atoms with van der Waals surface area (Å²) in [6, 6.07) is 5.85. The fourth-order valence-electron chi connectivity index (χ4n) is 4.07. The summed E-state index contributed by atoms with van der Waals surface area (Å²) < 4.78 is 27.0. The van der Waals surface area contributed by atoms with E-state index in [1.165, 1.54) is 17.8 Å². The number of aliphatic imine (C=N–C) groups is 1. The molecule has 0 radical (unpaired) electrons. The lowest BCUT2D eigenvalue weighted by atomic mass is 9.91. The average molecular weight is 370 g/mol. The number of aromatic amines is 1. The molecule has 2 aromatic rings. The molecule has 27 heavy (non-hydrogen) atoms. The Balaban J connectivity index is 1.30. The molecule has 3 N–H and O–H groups in total. The van der Waals surface area contributed by atoms with Gasteiger partial charge in [-0.1, -0.05) is 6.07 Å². The molecule has 0 spiro atoms. The number of nitrogens with zero attached hydrogens (tertiary/aromatic N) is 3. The number of aromatic nitrogens is 1. The molecule has 0 unspecified atom stereocenters. The minimum absolute atomic E-state index is 0.390. The summed E-state index contributed by atoms with van der Waals surface area (Å²) in [5.41, 5.74) is 10.4. The molecule has 1 aromatic carbocycles. The summed E-state index contributed by atoms with van der Waals surface area (Å²) in [6.45, 7) is 2.25. The molecule has 5 rings (SSSR count). The molecule has 0 amide bonds. The minimum atomic E-state index is -0.534. The summed E-state index contributed by atoms with van der Waals surface area (Å²) in [4.78, 5) is 9.76. The van der Waals surface area contributed by atoms with E-state index >= 15 is 0 Å². The third-order valence-electron chi connectivity index (χ3n) is 5.49. The number of likely N-dealkylation sites (tertiary alicyclic amines) is 1. The average Bonchev–Trinajstić information content (AvgIpc) is 3.30. The van der Waals surface area contributed by atoms with Crippen LogP contribution in [0.25, 0.3) is 5.70 Å². The van der Waals surface area contributed by atoms with Gasteiger partial charge in [0.15, 0.2) is 0 Å². The Kier molecular flexibility index (Phi) is 3.95. The van der Waals surface area contributed by atoms with Gasteiger partial charge in [0.25, 0.3) is 0 Å². The zero-order chi connectivity index (χ0) is 18.4. The molecular weight excluding hydrogens is 350 g/mol. The van der Waals surface area contributed by atoms with Crippen molar-refractivity contribution >= 4 is 17.9 Å². The standard InChI is InChI=1S/C19H20F2N6/c20-14-2-1-13(16(21)9-14)10-26-7-4-12(5-8-26)17-18-15-3-6-22-19(15)23-11-27(18)25-24-17/h1-3,6,9,11-12,22,24-25H,4-5,7-8,10H2. The quantitative estimate of drug-likeness (QED) is 0.778. The number of rotatable bonds is 3. The van der Waals surface area contributed by atoms with Crippen molar-refractivity contribution in [2.75, 3.05) is 13.1 Å². The molecule has 140 valence electrons. The van der Waals surface area contributed by atoms with Gasteiger partial charge in [0, 0.05) is 35.9 Å². The summed E-state index contributed by atoms with van der Waals surface area (Å²) in [7, 11) is 0. The number of H-pyrrole nitrogens is 1. The summed E-state index contributed by atoms with van der Waals surface area (Å²) in [5.74, 6) is 0.253. The molecule has 1 saturated heterocycles. The first kappa shape index (κ1) is 16.5. The van der Waals surface area contributed by atoms with E-state index in [9.17, 15) is 8.78 Å². The zero-order valence-electron chi connectivity index (χ0n) is 14.7. The largest absolute Gasteiger partial charge is 0.346 e. The predicted octanol–water partition coefficient (Wildman–Crippen LogP) is 2.87. The Morgan fingerprint density at radius 1 is 1.15 bits per heavy atom. The van der Waals surface area contributed by atoms with E-state index in [0.29, 0.717) is 18.0 Å². The van der Waals surface area contributed by atoms with Crippen molar-refractivity contribution in [1.82, 2.24) is 25.9 Å². The van der Waals surface area contributed by atoms with Crippen molar-refractivity contribution in [3.63, 3.8) is 0 Å². The van der Waals surface area contributed by atoms with Crippen LogP contribution in [-0.2, 0) is 6.54 Å². The van der Waals surface area contributed by atoms with Crippen molar-refractivity contribution < 1.29 is 8.78 Å². The first-order valence-electron chi connectivity index (χ1n) is 9.12. The highest BCUT2D eigenvalue weighted by atomic mass is 19.1. The van der Waals surface area contributed by atoms with Crippen LogP contribution in [0.5, 0.6) is 0 Å². The van der Waals surface area contributed by atoms with Gasteiger partial charge in [0.05, 0.1) is 11.4 Å². The highest BCUT2D eigenvalue weighted by Crippen LogP contribution is 2.38. The lowest BCUT2D eigenvalue weighted by Crippen LogP contribution is -2.39. The van der Waals surface area contributed by atoms with Gasteiger partial charge in [-0.05, 0) is 38.1 Å². The van der Waals surface area contributed by atoms with E-state index in [1.54, 1.807) is 6.34 Å². The van der Waals surface area contributed by atoms with Crippen LogP contribution in [-0.4, -0.2) is 34.3 Å². The smallest absolute Gasteiger partial charge is 0.141 e. The molecule has 0 bridgehead atoms. The van der Waals surface area contributed by atoms with Crippen LogP contribution in [0.4, 0.5) is 14.6 Å². The number of allylic oxidation sites excluding steroid dienone is 1. The molecule has 0 saturated carbocycles. The fraction of sp³-hybridized carbons (Fsp3) is 0.316. The maximum atomic E-state index is 13.9. The molecular formula is C19H20F2N6. The van der Waals surface area contributed by atoms with Gasteiger partial charge >= 0.3 is 0 Å². The number of halogens is 2. The second kappa shape index (κ2) is 6.47. The number of hydrogen-bond acceptors (Lipinski definition) is 5. The van der Waals surface area contributed by atoms with Gasteiger partial charge in [0.2, 0.25) is 0 Å². The van der Waals surface area contributed by atoms with Crippen LogP contribution in [0.15, 0.2) is 41.2 Å². The number of hydrazine groups is 2. The number of hydrogen-bond donors (Lipinski definition) is 3. The molecule has 4 heterocycles. The van der Waals surface area contributed by atoms with Crippen LogP contribution in [0.3, 0.4) is 0 Å².